The number of nitrogens with zero attached hydrogens (tertiary/aromatic N) is 3. The lowest BCUT2D eigenvalue weighted by Gasteiger charge is -2.13. The first-order valence-electron chi connectivity index (χ1n) is 9.79. The molecule has 1 aromatic heterocycles. The smallest absolute Gasteiger partial charge is 0.251 e. The van der Waals surface area contributed by atoms with Crippen LogP contribution in [0.25, 0.3) is 11.0 Å². The number of halogens is 1. The van der Waals surface area contributed by atoms with Crippen molar-refractivity contribution in [2.24, 2.45) is 4.99 Å². The number of carbonyl (C=O) groups is 1. The Morgan fingerprint density at radius 3 is 2.53 bits per heavy atom. The molecule has 0 aliphatic heterocycles. The summed E-state index contributed by atoms with van der Waals surface area (Å²) in [7, 11) is 3.39. The second kappa shape index (κ2) is 11.5. The van der Waals surface area contributed by atoms with E-state index in [1.165, 1.54) is 5.52 Å². The van der Waals surface area contributed by atoms with Crippen molar-refractivity contribution < 1.29 is 4.79 Å². The lowest BCUT2D eigenvalue weighted by atomic mass is 10.1. The second-order valence-corrected chi connectivity index (χ2v) is 6.78. The van der Waals surface area contributed by atoms with Gasteiger partial charge in [-0.2, -0.15) is 0 Å². The van der Waals surface area contributed by atoms with Crippen LogP contribution >= 0.6 is 24.0 Å². The van der Waals surface area contributed by atoms with Gasteiger partial charge in [0.15, 0.2) is 5.96 Å². The predicted octanol–water partition coefficient (Wildman–Crippen LogP) is 3.08. The Morgan fingerprint density at radius 2 is 1.83 bits per heavy atom. The number of aromatic nitrogens is 2. The lowest BCUT2D eigenvalue weighted by Crippen LogP contribution is -2.37. The van der Waals surface area contributed by atoms with Crippen molar-refractivity contribution in [3.8, 4) is 0 Å². The number of imidazole rings is 1. The van der Waals surface area contributed by atoms with Crippen molar-refractivity contribution >= 4 is 46.9 Å². The fraction of sp³-hybridized carbons (Fsp3) is 0.318. The molecule has 0 fully saturated rings. The summed E-state index contributed by atoms with van der Waals surface area (Å²) >= 11 is 0. The Kier molecular flexibility index (Phi) is 9.10. The van der Waals surface area contributed by atoms with Crippen molar-refractivity contribution in [1.29, 1.82) is 0 Å². The summed E-state index contributed by atoms with van der Waals surface area (Å²) in [5.41, 5.74) is 3.95. The fourth-order valence-electron chi connectivity index (χ4n) is 3.25. The number of rotatable bonds is 7. The number of nitrogens with one attached hydrogen (secondary N) is 3. The van der Waals surface area contributed by atoms with E-state index in [9.17, 15) is 4.79 Å². The zero-order valence-electron chi connectivity index (χ0n) is 17.6. The molecule has 0 aliphatic carbocycles. The van der Waals surface area contributed by atoms with E-state index in [4.69, 9.17) is 0 Å². The van der Waals surface area contributed by atoms with E-state index in [2.05, 4.69) is 36.6 Å². The van der Waals surface area contributed by atoms with Crippen LogP contribution in [0.1, 0.15) is 28.2 Å². The molecule has 0 atom stereocenters. The van der Waals surface area contributed by atoms with Gasteiger partial charge in [-0.1, -0.05) is 24.3 Å². The Labute approximate surface area is 194 Å². The highest BCUT2D eigenvalue weighted by Crippen LogP contribution is 2.15. The van der Waals surface area contributed by atoms with Crippen LogP contribution < -0.4 is 16.0 Å². The molecule has 3 N–H and O–H groups in total. The standard InChI is InChI=1S/C22H28N6O.HI/c1-16-27-19-7-4-5-8-20(19)28(16)14-6-13-25-22(24-3)26-15-17-9-11-18(12-10-17)21(29)23-2;/h4-5,7-12H,6,13-15H2,1-3H3,(H,23,29)(H2,24,25,26);1H. The normalized spacial score (nSPS) is 11.1. The number of hydrogen-bond donors (Lipinski definition) is 3. The third kappa shape index (κ3) is 5.94. The molecule has 0 aliphatic rings. The maximum Gasteiger partial charge on any atom is 0.251 e. The average molecular weight is 520 g/mol. The number of amides is 1. The molecule has 0 bridgehead atoms. The molecule has 0 saturated carbocycles. The minimum absolute atomic E-state index is 0. The van der Waals surface area contributed by atoms with Crippen LogP contribution in [0.3, 0.4) is 0 Å². The number of aliphatic imine (C=N–C) groups is 1. The van der Waals surface area contributed by atoms with Gasteiger partial charge in [-0.3, -0.25) is 9.79 Å². The Hall–Kier alpha value is -2.62. The molecule has 0 radical (unpaired) electrons. The maximum atomic E-state index is 11.6. The number of para-hydroxylation sites is 2. The molecule has 7 nitrogen and oxygen atoms in total. The zero-order valence-corrected chi connectivity index (χ0v) is 19.9. The van der Waals surface area contributed by atoms with E-state index in [-0.39, 0.29) is 29.9 Å². The van der Waals surface area contributed by atoms with Crippen LogP contribution in [-0.2, 0) is 13.1 Å². The van der Waals surface area contributed by atoms with Crippen molar-refractivity contribution in [3.05, 3.63) is 65.5 Å². The summed E-state index contributed by atoms with van der Waals surface area (Å²) in [6, 6.07) is 15.7. The highest BCUT2D eigenvalue weighted by atomic mass is 127. The number of fused-ring (bicyclic) bond motifs is 1. The summed E-state index contributed by atoms with van der Waals surface area (Å²) in [6.45, 7) is 4.39. The van der Waals surface area contributed by atoms with Gasteiger partial charge in [-0.25, -0.2) is 4.98 Å². The summed E-state index contributed by atoms with van der Waals surface area (Å²) in [6.07, 6.45) is 0.961. The zero-order chi connectivity index (χ0) is 20.6. The van der Waals surface area contributed by atoms with E-state index in [0.717, 1.165) is 42.4 Å². The SMILES string of the molecule is CN=C(NCCCn1c(C)nc2ccccc21)NCc1ccc(C(=O)NC)cc1.I. The van der Waals surface area contributed by atoms with Gasteiger partial charge in [0.25, 0.3) is 5.91 Å². The van der Waals surface area contributed by atoms with E-state index < -0.39 is 0 Å². The molecule has 2 aromatic carbocycles. The predicted molar refractivity (Wildman–Crippen MR) is 133 cm³/mol. The molecule has 0 saturated heterocycles. The van der Waals surface area contributed by atoms with E-state index in [1.54, 1.807) is 14.1 Å². The molecule has 0 spiro atoms. The van der Waals surface area contributed by atoms with Crippen LogP contribution in [-0.4, -0.2) is 42.1 Å². The van der Waals surface area contributed by atoms with Crippen molar-refractivity contribution in [2.45, 2.75) is 26.4 Å². The first kappa shape index (κ1) is 23.7. The van der Waals surface area contributed by atoms with Gasteiger partial charge in [0.05, 0.1) is 11.0 Å². The fourth-order valence-corrected chi connectivity index (χ4v) is 3.25. The average Bonchev–Trinajstić information content (AvgIpc) is 3.08. The van der Waals surface area contributed by atoms with Crippen molar-refractivity contribution in [1.82, 2.24) is 25.5 Å². The number of hydrogen-bond acceptors (Lipinski definition) is 3. The minimum atomic E-state index is -0.0807. The monoisotopic (exact) mass is 520 g/mol. The van der Waals surface area contributed by atoms with Gasteiger partial charge >= 0.3 is 0 Å². The summed E-state index contributed by atoms with van der Waals surface area (Å²) in [5.74, 6) is 1.71. The molecule has 0 unspecified atom stereocenters. The molecule has 1 amide bonds. The third-order valence-corrected chi connectivity index (χ3v) is 4.82. The summed E-state index contributed by atoms with van der Waals surface area (Å²) < 4.78 is 2.25. The summed E-state index contributed by atoms with van der Waals surface area (Å²) in [5, 5.41) is 9.27. The van der Waals surface area contributed by atoms with Crippen LogP contribution in [0.2, 0.25) is 0 Å². The van der Waals surface area contributed by atoms with Gasteiger partial charge in [-0.15, -0.1) is 24.0 Å². The first-order chi connectivity index (χ1) is 14.1. The molecule has 160 valence electrons. The Balaban J connectivity index is 0.00000320. The largest absolute Gasteiger partial charge is 0.356 e. The van der Waals surface area contributed by atoms with Gasteiger partial charge in [-0.05, 0) is 43.2 Å². The van der Waals surface area contributed by atoms with Crippen LogP contribution in [0.15, 0.2) is 53.5 Å². The highest BCUT2D eigenvalue weighted by Gasteiger charge is 2.06. The van der Waals surface area contributed by atoms with E-state index in [1.807, 2.05) is 49.4 Å². The van der Waals surface area contributed by atoms with Gasteiger partial charge in [0.1, 0.15) is 5.82 Å². The number of benzene rings is 2. The Morgan fingerprint density at radius 1 is 1.10 bits per heavy atom. The minimum Gasteiger partial charge on any atom is -0.356 e. The molecule has 3 aromatic rings. The third-order valence-electron chi connectivity index (χ3n) is 4.82. The quantitative estimate of drug-likeness (QED) is 0.194. The van der Waals surface area contributed by atoms with Crippen LogP contribution in [0.4, 0.5) is 0 Å². The molecule has 30 heavy (non-hydrogen) atoms. The molecular formula is C22H29IN6O. The molecule has 8 heteroatoms. The molecule has 3 rings (SSSR count). The van der Waals surface area contributed by atoms with Gasteiger partial charge < -0.3 is 20.5 Å². The molecule has 1 heterocycles. The van der Waals surface area contributed by atoms with E-state index >= 15 is 0 Å². The highest BCUT2D eigenvalue weighted by molar-refractivity contribution is 14.0. The number of aryl methyl sites for hydroxylation is 2. The van der Waals surface area contributed by atoms with E-state index in [0.29, 0.717) is 12.1 Å². The first-order valence-corrected chi connectivity index (χ1v) is 9.79. The van der Waals surface area contributed by atoms with Crippen LogP contribution in [0, 0.1) is 6.92 Å². The number of guanidine groups is 1. The van der Waals surface area contributed by atoms with Crippen molar-refractivity contribution in [3.63, 3.8) is 0 Å². The Bertz CT molecular complexity index is 997. The number of carbonyl (C=O) groups excluding carboxylic acids is 1. The summed E-state index contributed by atoms with van der Waals surface area (Å²) in [4.78, 5) is 20.5. The van der Waals surface area contributed by atoms with Crippen LogP contribution in [0.5, 0.6) is 0 Å². The lowest BCUT2D eigenvalue weighted by molar-refractivity contribution is 0.0963. The molecular weight excluding hydrogens is 491 g/mol. The van der Waals surface area contributed by atoms with Gasteiger partial charge in [0, 0.05) is 39.3 Å². The van der Waals surface area contributed by atoms with Crippen molar-refractivity contribution in [2.75, 3.05) is 20.6 Å². The topological polar surface area (TPSA) is 83.3 Å². The maximum absolute atomic E-state index is 11.6. The van der Waals surface area contributed by atoms with Gasteiger partial charge in [0.2, 0.25) is 0 Å². The second-order valence-electron chi connectivity index (χ2n) is 6.78.